The molecule has 0 aliphatic rings. The Morgan fingerprint density at radius 3 is 3.00 bits per heavy atom. The average molecular weight is 386 g/mol. The average Bonchev–Trinajstić information content (AvgIpc) is 2.87. The van der Waals surface area contributed by atoms with Crippen molar-refractivity contribution >= 4 is 39.3 Å². The molecule has 0 saturated heterocycles. The smallest absolute Gasteiger partial charge is 0.250 e. The number of nitrogens with one attached hydrogen (secondary N) is 1. The van der Waals surface area contributed by atoms with Crippen molar-refractivity contribution in [3.05, 3.63) is 22.7 Å². The monoisotopic (exact) mass is 385 g/mol. The second-order valence-corrected chi connectivity index (χ2v) is 6.35. The maximum absolute atomic E-state index is 11.9. The van der Waals surface area contributed by atoms with Crippen molar-refractivity contribution in [2.24, 2.45) is 7.05 Å². The molecule has 1 aromatic heterocycles. The highest BCUT2D eigenvalue weighted by Gasteiger charge is 2.12. The van der Waals surface area contributed by atoms with Gasteiger partial charge in [-0.3, -0.25) is 4.79 Å². The van der Waals surface area contributed by atoms with Crippen LogP contribution in [0, 0.1) is 0 Å². The van der Waals surface area contributed by atoms with Crippen LogP contribution in [0.2, 0.25) is 0 Å². The minimum absolute atomic E-state index is 0.0377. The van der Waals surface area contributed by atoms with Gasteiger partial charge < -0.3 is 10.1 Å². The van der Waals surface area contributed by atoms with Gasteiger partial charge in [0.15, 0.2) is 0 Å². The highest BCUT2D eigenvalue weighted by atomic mass is 79.9. The Bertz CT molecular complexity index is 649. The summed E-state index contributed by atoms with van der Waals surface area (Å²) < 4.78 is 7.69. The van der Waals surface area contributed by atoms with E-state index in [4.69, 9.17) is 4.74 Å². The Kier molecular flexibility index (Phi) is 6.34. The lowest BCUT2D eigenvalue weighted by molar-refractivity contribution is -0.120. The summed E-state index contributed by atoms with van der Waals surface area (Å²) in [5, 5.41) is 14.8. The third kappa shape index (κ3) is 4.79. The van der Waals surface area contributed by atoms with Crippen LogP contribution in [0.1, 0.15) is 13.3 Å². The van der Waals surface area contributed by atoms with Gasteiger partial charge in [-0.25, -0.2) is 4.68 Å². The normalized spacial score (nSPS) is 10.7. The van der Waals surface area contributed by atoms with Crippen molar-refractivity contribution in [2.45, 2.75) is 23.4 Å². The number of benzene rings is 1. The number of tetrazole rings is 1. The number of ether oxygens (including phenoxy) is 1. The van der Waals surface area contributed by atoms with Gasteiger partial charge in [0.05, 0.1) is 5.69 Å². The number of carbonyl (C=O) groups is 1. The zero-order valence-electron chi connectivity index (χ0n) is 12.2. The van der Waals surface area contributed by atoms with E-state index < -0.39 is 0 Å². The van der Waals surface area contributed by atoms with Crippen molar-refractivity contribution in [3.8, 4) is 0 Å². The van der Waals surface area contributed by atoms with Crippen LogP contribution in [-0.4, -0.2) is 39.3 Å². The first-order valence-electron chi connectivity index (χ1n) is 6.67. The second-order valence-electron chi connectivity index (χ2n) is 4.43. The number of carbonyl (C=O) groups excluding carboxylic acids is 1. The molecule has 0 spiro atoms. The Balaban J connectivity index is 2.10. The second kappa shape index (κ2) is 8.25. The summed E-state index contributed by atoms with van der Waals surface area (Å²) >= 11 is 4.78. The number of hydrogen-bond donors (Lipinski definition) is 1. The largest absolute Gasteiger partial charge is 0.372 e. The summed E-state index contributed by atoms with van der Waals surface area (Å²) in [4.78, 5) is 12.8. The Labute approximate surface area is 140 Å². The van der Waals surface area contributed by atoms with Crippen LogP contribution in [0.5, 0.6) is 0 Å². The highest BCUT2D eigenvalue weighted by Crippen LogP contribution is 2.33. The maximum Gasteiger partial charge on any atom is 0.250 e. The highest BCUT2D eigenvalue weighted by molar-refractivity contribution is 9.10. The van der Waals surface area contributed by atoms with Crippen LogP contribution >= 0.6 is 27.7 Å². The minimum Gasteiger partial charge on any atom is -0.372 e. The molecular weight excluding hydrogens is 370 g/mol. The molecule has 2 rings (SSSR count). The van der Waals surface area contributed by atoms with E-state index in [1.807, 2.05) is 25.1 Å². The number of aromatic nitrogens is 4. The van der Waals surface area contributed by atoms with E-state index in [2.05, 4.69) is 36.8 Å². The van der Waals surface area contributed by atoms with E-state index in [0.29, 0.717) is 17.5 Å². The SMILES string of the molecule is CCCOCC(=O)Nc1cc(Br)ccc1Sc1nnnn1C. The van der Waals surface area contributed by atoms with Gasteiger partial charge in [-0.05, 0) is 46.8 Å². The fraction of sp³-hybridized carbons (Fsp3) is 0.385. The number of anilines is 1. The van der Waals surface area contributed by atoms with Crippen molar-refractivity contribution in [1.29, 1.82) is 0 Å². The van der Waals surface area contributed by atoms with Crippen LogP contribution in [0.3, 0.4) is 0 Å². The van der Waals surface area contributed by atoms with E-state index in [9.17, 15) is 4.79 Å². The summed E-state index contributed by atoms with van der Waals surface area (Å²) in [6.07, 6.45) is 0.879. The molecule has 0 bridgehead atoms. The van der Waals surface area contributed by atoms with E-state index in [0.717, 1.165) is 15.8 Å². The first-order valence-corrected chi connectivity index (χ1v) is 8.28. The molecule has 1 amide bonds. The molecule has 0 aliphatic carbocycles. The molecule has 1 N–H and O–H groups in total. The lowest BCUT2D eigenvalue weighted by Gasteiger charge is -2.11. The molecule has 1 heterocycles. The standard InChI is InChI=1S/C13H16BrN5O2S/c1-3-6-21-8-12(20)15-10-7-9(14)4-5-11(10)22-13-16-17-18-19(13)2/h4-5,7H,3,6,8H2,1-2H3,(H,15,20). The van der Waals surface area contributed by atoms with Crippen LogP contribution in [0.4, 0.5) is 5.69 Å². The van der Waals surface area contributed by atoms with Gasteiger partial charge in [-0.15, -0.1) is 5.10 Å². The van der Waals surface area contributed by atoms with E-state index in [-0.39, 0.29) is 12.5 Å². The summed E-state index contributed by atoms with van der Waals surface area (Å²) in [7, 11) is 1.76. The van der Waals surface area contributed by atoms with Crippen LogP contribution in [-0.2, 0) is 16.6 Å². The number of halogens is 1. The van der Waals surface area contributed by atoms with Crippen LogP contribution in [0.15, 0.2) is 32.7 Å². The lowest BCUT2D eigenvalue weighted by atomic mass is 10.3. The Morgan fingerprint density at radius 1 is 1.50 bits per heavy atom. The molecular formula is C13H16BrN5O2S. The maximum atomic E-state index is 11.9. The van der Waals surface area contributed by atoms with Crippen molar-refractivity contribution in [1.82, 2.24) is 20.2 Å². The molecule has 22 heavy (non-hydrogen) atoms. The predicted molar refractivity (Wildman–Crippen MR) is 86.8 cm³/mol. The summed E-state index contributed by atoms with van der Waals surface area (Å²) in [6.45, 7) is 2.60. The van der Waals surface area contributed by atoms with Crippen molar-refractivity contribution in [3.63, 3.8) is 0 Å². The fourth-order valence-electron chi connectivity index (χ4n) is 1.59. The van der Waals surface area contributed by atoms with Gasteiger partial charge in [0.25, 0.3) is 0 Å². The quantitative estimate of drug-likeness (QED) is 0.737. The molecule has 7 nitrogen and oxygen atoms in total. The molecule has 2 aromatic rings. The summed E-state index contributed by atoms with van der Waals surface area (Å²) in [6, 6.07) is 5.63. The Hall–Kier alpha value is -1.45. The van der Waals surface area contributed by atoms with Crippen LogP contribution in [0.25, 0.3) is 0 Å². The molecule has 0 aliphatic heterocycles. The topological polar surface area (TPSA) is 81.9 Å². The number of rotatable bonds is 7. The molecule has 1 aromatic carbocycles. The first-order chi connectivity index (χ1) is 10.6. The molecule has 9 heteroatoms. The van der Waals surface area contributed by atoms with Gasteiger partial charge in [0.2, 0.25) is 11.1 Å². The Morgan fingerprint density at radius 2 is 2.32 bits per heavy atom. The van der Waals surface area contributed by atoms with Gasteiger partial charge in [-0.1, -0.05) is 22.9 Å². The van der Waals surface area contributed by atoms with Crippen LogP contribution < -0.4 is 5.32 Å². The number of hydrogen-bond acceptors (Lipinski definition) is 6. The number of amides is 1. The zero-order chi connectivity index (χ0) is 15.9. The fourth-order valence-corrected chi connectivity index (χ4v) is 2.75. The number of nitrogens with zero attached hydrogens (tertiary/aromatic N) is 4. The first kappa shape index (κ1) is 16.9. The van der Waals surface area contributed by atoms with E-state index in [1.165, 1.54) is 11.8 Å². The van der Waals surface area contributed by atoms with Gasteiger partial charge >= 0.3 is 0 Å². The molecule has 118 valence electrons. The third-order valence-corrected chi connectivity index (χ3v) is 4.18. The molecule has 0 fully saturated rings. The van der Waals surface area contributed by atoms with Gasteiger partial charge in [0, 0.05) is 23.0 Å². The van der Waals surface area contributed by atoms with Crippen molar-refractivity contribution < 1.29 is 9.53 Å². The molecule has 0 saturated carbocycles. The lowest BCUT2D eigenvalue weighted by Crippen LogP contribution is -2.19. The minimum atomic E-state index is -0.190. The summed E-state index contributed by atoms with van der Waals surface area (Å²) in [5.74, 6) is -0.190. The van der Waals surface area contributed by atoms with Crippen molar-refractivity contribution in [2.75, 3.05) is 18.5 Å². The number of aryl methyl sites for hydroxylation is 1. The van der Waals surface area contributed by atoms with Gasteiger partial charge in [-0.2, -0.15) is 0 Å². The molecule has 0 unspecified atom stereocenters. The zero-order valence-corrected chi connectivity index (χ0v) is 14.6. The van der Waals surface area contributed by atoms with E-state index in [1.54, 1.807) is 11.7 Å². The molecule has 0 atom stereocenters. The summed E-state index contributed by atoms with van der Waals surface area (Å²) in [5.41, 5.74) is 0.687. The van der Waals surface area contributed by atoms with Gasteiger partial charge in [0.1, 0.15) is 6.61 Å². The predicted octanol–water partition coefficient (Wildman–Crippen LogP) is 2.49. The van der Waals surface area contributed by atoms with E-state index >= 15 is 0 Å². The molecule has 0 radical (unpaired) electrons. The third-order valence-electron chi connectivity index (χ3n) is 2.58.